The van der Waals surface area contributed by atoms with Gasteiger partial charge < -0.3 is 19.4 Å². The van der Waals surface area contributed by atoms with Crippen molar-refractivity contribution in [2.75, 3.05) is 5.32 Å². The lowest BCUT2D eigenvalue weighted by Crippen LogP contribution is -2.30. The van der Waals surface area contributed by atoms with Crippen molar-refractivity contribution in [3.8, 4) is 0 Å². The standard InChI is InChI=1S/C22H24N2O4/c1-4-24-19-8-6-5-7-17(19)18-13-16(10-11-20(18)24)23-22(27)15(3)28-21(26)12-9-14(2)25/h5-8,10-11,13,15H,4,9,12H2,1-3H3,(H,23,27)/t15-/m0/s1. The number of Topliss-reactive ketones (excluding diaryl/α,β-unsaturated/α-hetero) is 1. The average Bonchev–Trinajstić information content (AvgIpc) is 2.99. The van der Waals surface area contributed by atoms with E-state index in [1.54, 1.807) is 0 Å². The number of ketones is 1. The van der Waals surface area contributed by atoms with Crippen molar-refractivity contribution in [1.29, 1.82) is 0 Å². The molecule has 1 N–H and O–H groups in total. The Kier molecular flexibility index (Phi) is 5.78. The minimum atomic E-state index is -0.938. The van der Waals surface area contributed by atoms with Gasteiger partial charge in [0.2, 0.25) is 0 Å². The molecule has 146 valence electrons. The fraction of sp³-hybridized carbons (Fsp3) is 0.318. The number of ether oxygens (including phenoxy) is 1. The quantitative estimate of drug-likeness (QED) is 0.627. The van der Waals surface area contributed by atoms with Crippen molar-refractivity contribution < 1.29 is 19.1 Å². The molecule has 0 fully saturated rings. The Balaban J connectivity index is 1.77. The Morgan fingerprint density at radius 3 is 2.46 bits per heavy atom. The number of hydrogen-bond donors (Lipinski definition) is 1. The molecular formula is C22H24N2O4. The molecule has 0 bridgehead atoms. The molecule has 3 aromatic rings. The number of rotatable bonds is 7. The van der Waals surface area contributed by atoms with E-state index in [0.29, 0.717) is 5.69 Å². The Bertz CT molecular complexity index is 1050. The van der Waals surface area contributed by atoms with Crippen molar-refractivity contribution >= 4 is 45.2 Å². The fourth-order valence-electron chi connectivity index (χ4n) is 3.30. The van der Waals surface area contributed by atoms with Crippen LogP contribution in [0.3, 0.4) is 0 Å². The van der Waals surface area contributed by atoms with E-state index in [9.17, 15) is 14.4 Å². The minimum absolute atomic E-state index is 0.0184. The molecule has 1 heterocycles. The topological polar surface area (TPSA) is 77.4 Å². The van der Waals surface area contributed by atoms with E-state index >= 15 is 0 Å². The number of amides is 1. The van der Waals surface area contributed by atoms with Crippen LogP contribution in [-0.2, 0) is 25.7 Å². The number of nitrogens with zero attached hydrogens (tertiary/aromatic N) is 1. The van der Waals surface area contributed by atoms with Gasteiger partial charge >= 0.3 is 5.97 Å². The lowest BCUT2D eigenvalue weighted by molar-refractivity contribution is -0.153. The van der Waals surface area contributed by atoms with Gasteiger partial charge in [-0.05, 0) is 45.0 Å². The summed E-state index contributed by atoms with van der Waals surface area (Å²) < 4.78 is 7.34. The van der Waals surface area contributed by atoms with Crippen LogP contribution in [0.15, 0.2) is 42.5 Å². The van der Waals surface area contributed by atoms with Gasteiger partial charge in [0.05, 0.1) is 6.42 Å². The maximum absolute atomic E-state index is 12.4. The van der Waals surface area contributed by atoms with Gasteiger partial charge in [0.1, 0.15) is 5.78 Å². The highest BCUT2D eigenvalue weighted by Crippen LogP contribution is 2.31. The Morgan fingerprint density at radius 1 is 1.04 bits per heavy atom. The number of anilines is 1. The van der Waals surface area contributed by atoms with Gasteiger partial charge in [-0.25, -0.2) is 0 Å². The highest BCUT2D eigenvalue weighted by Gasteiger charge is 2.19. The Morgan fingerprint density at radius 2 is 1.75 bits per heavy atom. The number of aromatic nitrogens is 1. The summed E-state index contributed by atoms with van der Waals surface area (Å²) >= 11 is 0. The van der Waals surface area contributed by atoms with Crippen molar-refractivity contribution in [3.05, 3.63) is 42.5 Å². The number of hydrogen-bond acceptors (Lipinski definition) is 4. The summed E-state index contributed by atoms with van der Waals surface area (Å²) in [4.78, 5) is 35.0. The van der Waals surface area contributed by atoms with E-state index in [1.807, 2.05) is 30.3 Å². The van der Waals surface area contributed by atoms with Crippen LogP contribution in [0, 0.1) is 0 Å². The molecule has 0 aliphatic heterocycles. The second kappa shape index (κ2) is 8.25. The van der Waals surface area contributed by atoms with Crippen LogP contribution in [0.25, 0.3) is 21.8 Å². The molecule has 6 nitrogen and oxygen atoms in total. The number of nitrogens with one attached hydrogen (secondary N) is 1. The first-order valence-electron chi connectivity index (χ1n) is 9.41. The molecule has 0 spiro atoms. The number of benzene rings is 2. The number of para-hydroxylation sites is 1. The maximum atomic E-state index is 12.4. The molecule has 0 radical (unpaired) electrons. The molecular weight excluding hydrogens is 356 g/mol. The first-order chi connectivity index (χ1) is 13.4. The van der Waals surface area contributed by atoms with Gasteiger partial charge in [0, 0.05) is 40.5 Å². The van der Waals surface area contributed by atoms with Crippen LogP contribution in [0.4, 0.5) is 5.69 Å². The van der Waals surface area contributed by atoms with E-state index in [4.69, 9.17) is 4.74 Å². The number of carbonyl (C=O) groups is 3. The third-order valence-corrected chi connectivity index (χ3v) is 4.71. The van der Waals surface area contributed by atoms with E-state index in [-0.39, 0.29) is 18.6 Å². The first-order valence-corrected chi connectivity index (χ1v) is 9.41. The van der Waals surface area contributed by atoms with E-state index in [1.165, 1.54) is 13.8 Å². The predicted molar refractivity (Wildman–Crippen MR) is 109 cm³/mol. The van der Waals surface area contributed by atoms with Crippen LogP contribution < -0.4 is 5.32 Å². The second-order valence-corrected chi connectivity index (χ2v) is 6.82. The van der Waals surface area contributed by atoms with Crippen LogP contribution >= 0.6 is 0 Å². The smallest absolute Gasteiger partial charge is 0.307 e. The number of aryl methyl sites for hydroxylation is 1. The summed E-state index contributed by atoms with van der Waals surface area (Å²) in [5.41, 5.74) is 2.89. The molecule has 2 aromatic carbocycles. The Hall–Kier alpha value is -3.15. The summed E-state index contributed by atoms with van der Waals surface area (Å²) in [5, 5.41) is 4.98. The number of esters is 1. The van der Waals surface area contributed by atoms with E-state index in [2.05, 4.69) is 28.9 Å². The third-order valence-electron chi connectivity index (χ3n) is 4.71. The van der Waals surface area contributed by atoms with Gasteiger partial charge in [0.15, 0.2) is 6.10 Å². The highest BCUT2D eigenvalue weighted by molar-refractivity contribution is 6.10. The summed E-state index contributed by atoms with van der Waals surface area (Å²) in [7, 11) is 0. The van der Waals surface area contributed by atoms with Crippen molar-refractivity contribution in [2.24, 2.45) is 0 Å². The van der Waals surface area contributed by atoms with Crippen molar-refractivity contribution in [2.45, 2.75) is 46.3 Å². The zero-order valence-corrected chi connectivity index (χ0v) is 16.3. The van der Waals surface area contributed by atoms with Gasteiger partial charge in [-0.15, -0.1) is 0 Å². The Labute approximate surface area is 163 Å². The van der Waals surface area contributed by atoms with Crippen molar-refractivity contribution in [3.63, 3.8) is 0 Å². The molecule has 0 aliphatic carbocycles. The van der Waals surface area contributed by atoms with E-state index < -0.39 is 18.0 Å². The predicted octanol–water partition coefficient (Wildman–Crippen LogP) is 4.05. The molecule has 0 aliphatic rings. The highest BCUT2D eigenvalue weighted by atomic mass is 16.5. The van der Waals surface area contributed by atoms with E-state index in [0.717, 1.165) is 28.4 Å². The van der Waals surface area contributed by atoms with Gasteiger partial charge in [-0.2, -0.15) is 0 Å². The monoisotopic (exact) mass is 380 g/mol. The SMILES string of the molecule is CCn1c2ccccc2c2cc(NC(=O)[C@H](C)OC(=O)CCC(C)=O)ccc21. The maximum Gasteiger partial charge on any atom is 0.307 e. The minimum Gasteiger partial charge on any atom is -0.453 e. The zero-order valence-electron chi connectivity index (χ0n) is 16.3. The average molecular weight is 380 g/mol. The van der Waals surface area contributed by atoms with Gasteiger partial charge in [-0.3, -0.25) is 9.59 Å². The molecule has 0 unspecified atom stereocenters. The molecule has 3 rings (SSSR count). The number of carbonyl (C=O) groups excluding carboxylic acids is 3. The van der Waals surface area contributed by atoms with Crippen LogP contribution in [0.1, 0.15) is 33.6 Å². The summed E-state index contributed by atoms with van der Waals surface area (Å²) in [5.74, 6) is -1.05. The largest absolute Gasteiger partial charge is 0.453 e. The van der Waals surface area contributed by atoms with Crippen LogP contribution in [-0.4, -0.2) is 28.3 Å². The van der Waals surface area contributed by atoms with Crippen LogP contribution in [0.5, 0.6) is 0 Å². The molecule has 0 saturated heterocycles. The lowest BCUT2D eigenvalue weighted by atomic mass is 10.1. The fourth-order valence-corrected chi connectivity index (χ4v) is 3.30. The second-order valence-electron chi connectivity index (χ2n) is 6.82. The third kappa shape index (κ3) is 4.06. The van der Waals surface area contributed by atoms with Crippen LogP contribution in [0.2, 0.25) is 0 Å². The van der Waals surface area contributed by atoms with Gasteiger partial charge in [0.25, 0.3) is 5.91 Å². The molecule has 1 atom stereocenters. The molecule has 28 heavy (non-hydrogen) atoms. The molecule has 6 heteroatoms. The zero-order chi connectivity index (χ0) is 20.3. The van der Waals surface area contributed by atoms with Crippen molar-refractivity contribution in [1.82, 2.24) is 4.57 Å². The first kappa shape index (κ1) is 19.6. The normalized spacial score (nSPS) is 12.1. The van der Waals surface area contributed by atoms with Gasteiger partial charge in [-0.1, -0.05) is 18.2 Å². The number of fused-ring (bicyclic) bond motifs is 3. The summed E-state index contributed by atoms with van der Waals surface area (Å²) in [6, 6.07) is 13.9. The summed E-state index contributed by atoms with van der Waals surface area (Å²) in [6.07, 6.45) is -0.840. The molecule has 0 saturated carbocycles. The molecule has 1 amide bonds. The molecule has 1 aromatic heterocycles. The lowest BCUT2D eigenvalue weighted by Gasteiger charge is -2.13. The summed E-state index contributed by atoms with van der Waals surface area (Å²) in [6.45, 7) is 5.88.